The van der Waals surface area contributed by atoms with Crippen LogP contribution in [0.1, 0.15) is 12.6 Å². The molecular weight excluding hydrogens is 216 g/mol. The topological polar surface area (TPSA) is 59.8 Å². The molecule has 2 aromatic rings. The lowest BCUT2D eigenvalue weighted by atomic mass is 10.3. The molecule has 0 aliphatic rings. The van der Waals surface area contributed by atoms with E-state index >= 15 is 0 Å². The molecule has 0 fully saturated rings. The van der Waals surface area contributed by atoms with Crippen molar-refractivity contribution in [3.05, 3.63) is 46.5 Å². The maximum Gasteiger partial charge on any atom is 0.279 e. The summed E-state index contributed by atoms with van der Waals surface area (Å²) in [4.78, 5) is 12.1. The first kappa shape index (κ1) is 11.3. The lowest BCUT2D eigenvalue weighted by molar-refractivity contribution is 0.866. The number of pyridine rings is 1. The molecule has 5 heteroatoms. The number of anilines is 1. The highest BCUT2D eigenvalue weighted by Gasteiger charge is 2.04. The molecule has 2 rings (SSSR count). The van der Waals surface area contributed by atoms with Gasteiger partial charge in [-0.2, -0.15) is 5.10 Å². The van der Waals surface area contributed by atoms with Crippen LogP contribution in [0.3, 0.4) is 0 Å². The molecule has 0 saturated heterocycles. The van der Waals surface area contributed by atoms with Crippen molar-refractivity contribution >= 4 is 5.69 Å². The van der Waals surface area contributed by atoms with E-state index in [1.165, 1.54) is 4.57 Å². The van der Waals surface area contributed by atoms with Gasteiger partial charge in [0.25, 0.3) is 5.56 Å². The van der Waals surface area contributed by atoms with Crippen LogP contribution in [0.5, 0.6) is 0 Å². The quantitative estimate of drug-likeness (QED) is 0.865. The van der Waals surface area contributed by atoms with Gasteiger partial charge >= 0.3 is 0 Å². The van der Waals surface area contributed by atoms with E-state index in [2.05, 4.69) is 15.5 Å². The molecular formula is C12H14N4O. The van der Waals surface area contributed by atoms with E-state index in [0.717, 1.165) is 5.69 Å². The summed E-state index contributed by atoms with van der Waals surface area (Å²) in [6.07, 6.45) is 1.68. The number of rotatable bonds is 3. The largest absolute Gasteiger partial charge is 0.381 e. The zero-order valence-electron chi connectivity index (χ0n) is 9.84. The molecule has 17 heavy (non-hydrogen) atoms. The van der Waals surface area contributed by atoms with Gasteiger partial charge in [-0.3, -0.25) is 9.36 Å². The molecule has 0 aromatic carbocycles. The molecule has 2 aromatic heterocycles. The molecule has 0 unspecified atom stereocenters. The van der Waals surface area contributed by atoms with Crippen LogP contribution in [0.2, 0.25) is 0 Å². The average Bonchev–Trinajstić information content (AvgIpc) is 2.34. The molecule has 0 aliphatic carbocycles. The van der Waals surface area contributed by atoms with E-state index in [-0.39, 0.29) is 5.56 Å². The zero-order valence-corrected chi connectivity index (χ0v) is 9.84. The number of aromatic nitrogens is 3. The van der Waals surface area contributed by atoms with Crippen molar-refractivity contribution in [2.75, 3.05) is 11.9 Å². The fraction of sp³-hybridized carbons (Fsp3) is 0.250. The van der Waals surface area contributed by atoms with Crippen LogP contribution >= 0.6 is 0 Å². The number of nitrogens with one attached hydrogen (secondary N) is 1. The van der Waals surface area contributed by atoms with E-state index in [9.17, 15) is 4.79 Å². The molecule has 0 amide bonds. The fourth-order valence-corrected chi connectivity index (χ4v) is 1.52. The van der Waals surface area contributed by atoms with Gasteiger partial charge in [-0.15, -0.1) is 5.10 Å². The minimum Gasteiger partial charge on any atom is -0.381 e. The summed E-state index contributed by atoms with van der Waals surface area (Å²) < 4.78 is 1.48. The van der Waals surface area contributed by atoms with Crippen molar-refractivity contribution in [1.82, 2.24) is 14.8 Å². The molecule has 0 spiro atoms. The van der Waals surface area contributed by atoms with Crippen LogP contribution in [0.4, 0.5) is 5.69 Å². The van der Waals surface area contributed by atoms with E-state index in [0.29, 0.717) is 18.1 Å². The first-order valence-corrected chi connectivity index (χ1v) is 5.48. The van der Waals surface area contributed by atoms with Gasteiger partial charge in [0.1, 0.15) is 5.69 Å². The van der Waals surface area contributed by atoms with Gasteiger partial charge in [-0.25, -0.2) is 0 Å². The van der Waals surface area contributed by atoms with Gasteiger partial charge < -0.3 is 5.32 Å². The molecule has 88 valence electrons. The zero-order chi connectivity index (χ0) is 12.3. The predicted molar refractivity (Wildman–Crippen MR) is 66.5 cm³/mol. The van der Waals surface area contributed by atoms with Gasteiger partial charge in [0.2, 0.25) is 0 Å². The third kappa shape index (κ3) is 2.33. The molecule has 0 bridgehead atoms. The van der Waals surface area contributed by atoms with Gasteiger partial charge in [-0.1, -0.05) is 0 Å². The molecule has 1 N–H and O–H groups in total. The third-order valence-electron chi connectivity index (χ3n) is 2.35. The monoisotopic (exact) mass is 230 g/mol. The molecule has 0 radical (unpaired) electrons. The molecule has 0 aliphatic heterocycles. The first-order valence-electron chi connectivity index (χ1n) is 5.48. The van der Waals surface area contributed by atoms with Gasteiger partial charge in [0.05, 0.1) is 5.69 Å². The Balaban J connectivity index is 2.49. The van der Waals surface area contributed by atoms with Crippen LogP contribution in [0, 0.1) is 6.92 Å². The minimum absolute atomic E-state index is 0.118. The molecule has 2 heterocycles. The first-order chi connectivity index (χ1) is 8.22. The summed E-state index contributed by atoms with van der Waals surface area (Å²) >= 11 is 0. The number of hydrogen-bond donors (Lipinski definition) is 1. The summed E-state index contributed by atoms with van der Waals surface area (Å²) in [5.74, 6) is 0.528. The molecule has 0 saturated carbocycles. The fourth-order valence-electron chi connectivity index (χ4n) is 1.52. The van der Waals surface area contributed by atoms with Crippen molar-refractivity contribution in [2.24, 2.45) is 0 Å². The summed E-state index contributed by atoms with van der Waals surface area (Å²) in [5.41, 5.74) is 1.27. The second kappa shape index (κ2) is 4.78. The Kier molecular flexibility index (Phi) is 3.18. The highest BCUT2D eigenvalue weighted by Crippen LogP contribution is 2.04. The van der Waals surface area contributed by atoms with Gasteiger partial charge in [0, 0.05) is 12.7 Å². The Morgan fingerprint density at radius 3 is 2.76 bits per heavy atom. The Morgan fingerprint density at radius 1 is 1.29 bits per heavy atom. The lowest BCUT2D eigenvalue weighted by Crippen LogP contribution is -2.22. The van der Waals surface area contributed by atoms with Gasteiger partial charge in [0.15, 0.2) is 5.82 Å². The Bertz CT molecular complexity index is 559. The smallest absolute Gasteiger partial charge is 0.279 e. The van der Waals surface area contributed by atoms with E-state index in [1.807, 2.05) is 19.9 Å². The number of nitrogens with zero attached hydrogens (tertiary/aromatic N) is 3. The van der Waals surface area contributed by atoms with Crippen molar-refractivity contribution in [1.29, 1.82) is 0 Å². The SMILES string of the molecule is CCNc1cccn(-c2ccc(C)nn2)c1=O. The maximum atomic E-state index is 12.1. The Morgan fingerprint density at radius 2 is 2.12 bits per heavy atom. The molecule has 5 nitrogen and oxygen atoms in total. The van der Waals surface area contributed by atoms with Crippen LogP contribution in [0.15, 0.2) is 35.3 Å². The Labute approximate surface area is 99.1 Å². The average molecular weight is 230 g/mol. The maximum absolute atomic E-state index is 12.1. The molecule has 0 atom stereocenters. The van der Waals surface area contributed by atoms with Crippen LogP contribution < -0.4 is 10.9 Å². The minimum atomic E-state index is -0.118. The van der Waals surface area contributed by atoms with Crippen LogP contribution in [-0.4, -0.2) is 21.3 Å². The summed E-state index contributed by atoms with van der Waals surface area (Å²) in [5, 5.41) is 11.0. The van der Waals surface area contributed by atoms with Crippen molar-refractivity contribution < 1.29 is 0 Å². The predicted octanol–water partition coefficient (Wildman–Crippen LogP) is 1.37. The lowest BCUT2D eigenvalue weighted by Gasteiger charge is -2.07. The van der Waals surface area contributed by atoms with Crippen molar-refractivity contribution in [2.45, 2.75) is 13.8 Å². The van der Waals surface area contributed by atoms with E-state index in [4.69, 9.17) is 0 Å². The second-order valence-electron chi connectivity index (χ2n) is 3.66. The Hall–Kier alpha value is -2.17. The van der Waals surface area contributed by atoms with Crippen LogP contribution in [-0.2, 0) is 0 Å². The van der Waals surface area contributed by atoms with Crippen molar-refractivity contribution in [3.63, 3.8) is 0 Å². The number of aryl methyl sites for hydroxylation is 1. The highest BCUT2D eigenvalue weighted by atomic mass is 16.1. The van der Waals surface area contributed by atoms with Crippen molar-refractivity contribution in [3.8, 4) is 5.82 Å². The van der Waals surface area contributed by atoms with Crippen LogP contribution in [0.25, 0.3) is 5.82 Å². The second-order valence-corrected chi connectivity index (χ2v) is 3.66. The standard InChI is InChI=1S/C12H14N4O/c1-3-13-10-5-4-8-16(12(10)17)11-7-6-9(2)14-15-11/h4-8,13H,3H2,1-2H3. The highest BCUT2D eigenvalue weighted by molar-refractivity contribution is 5.42. The van der Waals surface area contributed by atoms with E-state index in [1.54, 1.807) is 24.4 Å². The summed E-state index contributed by atoms with van der Waals surface area (Å²) in [7, 11) is 0. The summed E-state index contributed by atoms with van der Waals surface area (Å²) in [6.45, 7) is 4.51. The normalized spacial score (nSPS) is 10.2. The van der Waals surface area contributed by atoms with Gasteiger partial charge in [-0.05, 0) is 38.1 Å². The summed E-state index contributed by atoms with van der Waals surface area (Å²) in [6, 6.07) is 7.17. The number of hydrogen-bond acceptors (Lipinski definition) is 4. The van der Waals surface area contributed by atoms with E-state index < -0.39 is 0 Å². The third-order valence-corrected chi connectivity index (χ3v) is 2.35.